The van der Waals surface area contributed by atoms with Gasteiger partial charge in [-0.2, -0.15) is 0 Å². The standard InChI is InChI=1S/C16H22/c1-2-3-13-16(15-11-7-8-12-15)14-9-5-4-6-10-14/h2,4-6,9-10,15-16H,1,3,7-8,11-13H2/t16-/m1/s1. The topological polar surface area (TPSA) is 0 Å². The predicted molar refractivity (Wildman–Crippen MR) is 70.6 cm³/mol. The van der Waals surface area contributed by atoms with Crippen LogP contribution in [0.15, 0.2) is 43.0 Å². The van der Waals surface area contributed by atoms with Crippen LogP contribution in [0.5, 0.6) is 0 Å². The van der Waals surface area contributed by atoms with Gasteiger partial charge in [0.15, 0.2) is 0 Å². The minimum absolute atomic E-state index is 0.765. The molecule has 0 amide bonds. The van der Waals surface area contributed by atoms with Gasteiger partial charge in [-0.15, -0.1) is 6.58 Å². The van der Waals surface area contributed by atoms with Crippen molar-refractivity contribution >= 4 is 0 Å². The third-order valence-electron chi connectivity index (χ3n) is 3.88. The summed E-state index contributed by atoms with van der Waals surface area (Å²) in [5.41, 5.74) is 1.54. The fraction of sp³-hybridized carbons (Fsp3) is 0.500. The summed E-state index contributed by atoms with van der Waals surface area (Å²) in [5, 5.41) is 0. The molecule has 16 heavy (non-hydrogen) atoms. The average Bonchev–Trinajstić information content (AvgIpc) is 2.85. The first-order valence-electron chi connectivity index (χ1n) is 6.57. The van der Waals surface area contributed by atoms with Crippen molar-refractivity contribution in [2.24, 2.45) is 5.92 Å². The maximum absolute atomic E-state index is 3.85. The minimum Gasteiger partial charge on any atom is -0.103 e. The normalized spacial score (nSPS) is 18.5. The molecule has 0 saturated heterocycles. The van der Waals surface area contributed by atoms with Crippen LogP contribution in [0.25, 0.3) is 0 Å². The van der Waals surface area contributed by atoms with Gasteiger partial charge in [-0.1, -0.05) is 49.2 Å². The molecule has 0 spiro atoms. The molecule has 0 heterocycles. The van der Waals surface area contributed by atoms with Crippen LogP contribution in [0.3, 0.4) is 0 Å². The first kappa shape index (κ1) is 11.4. The monoisotopic (exact) mass is 214 g/mol. The predicted octanol–water partition coefficient (Wildman–Crippen LogP) is 4.93. The number of allylic oxidation sites excluding steroid dienone is 1. The summed E-state index contributed by atoms with van der Waals surface area (Å²) in [6.45, 7) is 3.85. The van der Waals surface area contributed by atoms with E-state index in [0.717, 1.165) is 18.3 Å². The van der Waals surface area contributed by atoms with Crippen molar-refractivity contribution < 1.29 is 0 Å². The van der Waals surface area contributed by atoms with E-state index >= 15 is 0 Å². The molecule has 1 aliphatic rings. The molecular weight excluding hydrogens is 192 g/mol. The molecule has 0 aliphatic heterocycles. The fourth-order valence-electron chi connectivity index (χ4n) is 3.03. The minimum atomic E-state index is 0.765. The maximum atomic E-state index is 3.85. The molecule has 2 rings (SSSR count). The zero-order chi connectivity index (χ0) is 11.2. The van der Waals surface area contributed by atoms with Gasteiger partial charge >= 0.3 is 0 Å². The Balaban J connectivity index is 2.10. The molecule has 1 aliphatic carbocycles. The smallest absolute Gasteiger partial charge is 0.0131 e. The number of benzene rings is 1. The summed E-state index contributed by atoms with van der Waals surface area (Å²) in [5.74, 6) is 1.68. The van der Waals surface area contributed by atoms with E-state index in [9.17, 15) is 0 Å². The first-order valence-corrected chi connectivity index (χ1v) is 6.57. The Morgan fingerprint density at radius 3 is 2.50 bits per heavy atom. The van der Waals surface area contributed by atoms with E-state index in [1.807, 2.05) is 0 Å². The molecule has 1 saturated carbocycles. The summed E-state index contributed by atoms with van der Waals surface area (Å²) in [7, 11) is 0. The van der Waals surface area contributed by atoms with E-state index in [-0.39, 0.29) is 0 Å². The number of rotatable bonds is 5. The molecule has 1 atom stereocenters. The third-order valence-corrected chi connectivity index (χ3v) is 3.88. The molecule has 1 aromatic carbocycles. The summed E-state index contributed by atoms with van der Waals surface area (Å²) in [6, 6.07) is 11.1. The highest BCUT2D eigenvalue weighted by Gasteiger charge is 2.25. The molecule has 1 aromatic rings. The van der Waals surface area contributed by atoms with E-state index in [0.29, 0.717) is 0 Å². The van der Waals surface area contributed by atoms with Crippen molar-refractivity contribution in [2.45, 2.75) is 44.4 Å². The van der Waals surface area contributed by atoms with Crippen molar-refractivity contribution in [3.05, 3.63) is 48.6 Å². The molecule has 0 radical (unpaired) electrons. The Kier molecular flexibility index (Phi) is 4.21. The summed E-state index contributed by atoms with van der Waals surface area (Å²) in [4.78, 5) is 0. The van der Waals surface area contributed by atoms with Crippen molar-refractivity contribution in [2.75, 3.05) is 0 Å². The Hall–Kier alpha value is -1.04. The second-order valence-corrected chi connectivity index (χ2v) is 4.93. The highest BCUT2D eigenvalue weighted by atomic mass is 14.3. The van der Waals surface area contributed by atoms with Gasteiger partial charge in [0, 0.05) is 0 Å². The molecule has 0 unspecified atom stereocenters. The Morgan fingerprint density at radius 1 is 1.19 bits per heavy atom. The lowest BCUT2D eigenvalue weighted by atomic mass is 9.82. The van der Waals surface area contributed by atoms with Crippen molar-refractivity contribution in [3.8, 4) is 0 Å². The summed E-state index contributed by atoms with van der Waals surface area (Å²) < 4.78 is 0. The van der Waals surface area contributed by atoms with Crippen LogP contribution in [-0.4, -0.2) is 0 Å². The largest absolute Gasteiger partial charge is 0.103 e. The molecule has 0 N–H and O–H groups in total. The number of hydrogen-bond donors (Lipinski definition) is 0. The molecule has 0 heteroatoms. The van der Waals surface area contributed by atoms with Crippen LogP contribution in [0, 0.1) is 5.92 Å². The summed E-state index contributed by atoms with van der Waals surface area (Å²) in [6.07, 6.45) is 10.2. The molecule has 0 nitrogen and oxygen atoms in total. The van der Waals surface area contributed by atoms with E-state index in [1.165, 1.54) is 37.7 Å². The second kappa shape index (κ2) is 5.89. The van der Waals surface area contributed by atoms with Gasteiger partial charge in [-0.25, -0.2) is 0 Å². The van der Waals surface area contributed by atoms with E-state index in [1.54, 1.807) is 0 Å². The lowest BCUT2D eigenvalue weighted by Crippen LogP contribution is -2.09. The Bertz CT molecular complexity index is 306. The van der Waals surface area contributed by atoms with Gasteiger partial charge in [0.2, 0.25) is 0 Å². The van der Waals surface area contributed by atoms with Crippen LogP contribution >= 0.6 is 0 Å². The lowest BCUT2D eigenvalue weighted by molar-refractivity contribution is 0.414. The number of hydrogen-bond acceptors (Lipinski definition) is 0. The van der Waals surface area contributed by atoms with Crippen molar-refractivity contribution in [3.63, 3.8) is 0 Å². The van der Waals surface area contributed by atoms with Gasteiger partial charge in [0.1, 0.15) is 0 Å². The highest BCUT2D eigenvalue weighted by molar-refractivity contribution is 5.20. The van der Waals surface area contributed by atoms with Crippen LogP contribution in [0.4, 0.5) is 0 Å². The van der Waals surface area contributed by atoms with E-state index in [4.69, 9.17) is 0 Å². The molecular formula is C16H22. The van der Waals surface area contributed by atoms with Crippen molar-refractivity contribution in [1.82, 2.24) is 0 Å². The Labute approximate surface area is 99.4 Å². The van der Waals surface area contributed by atoms with Gasteiger partial charge < -0.3 is 0 Å². The maximum Gasteiger partial charge on any atom is -0.0131 e. The first-order chi connectivity index (χ1) is 7.92. The van der Waals surface area contributed by atoms with Crippen LogP contribution in [0.1, 0.15) is 50.0 Å². The van der Waals surface area contributed by atoms with Crippen LogP contribution < -0.4 is 0 Å². The molecule has 0 aromatic heterocycles. The molecule has 86 valence electrons. The second-order valence-electron chi connectivity index (χ2n) is 4.93. The zero-order valence-corrected chi connectivity index (χ0v) is 10.1. The van der Waals surface area contributed by atoms with Crippen molar-refractivity contribution in [1.29, 1.82) is 0 Å². The molecule has 1 fully saturated rings. The zero-order valence-electron chi connectivity index (χ0n) is 10.1. The summed E-state index contributed by atoms with van der Waals surface area (Å²) >= 11 is 0. The van der Waals surface area contributed by atoms with Gasteiger partial charge in [-0.05, 0) is 43.1 Å². The Morgan fingerprint density at radius 2 is 1.88 bits per heavy atom. The van der Waals surface area contributed by atoms with E-state index < -0.39 is 0 Å². The fourth-order valence-corrected chi connectivity index (χ4v) is 3.03. The van der Waals surface area contributed by atoms with Gasteiger partial charge in [0.25, 0.3) is 0 Å². The SMILES string of the molecule is C=CCC[C@H](c1ccccc1)C1CCCC1. The van der Waals surface area contributed by atoms with Gasteiger partial charge in [0.05, 0.1) is 0 Å². The quantitative estimate of drug-likeness (QED) is 0.610. The van der Waals surface area contributed by atoms with E-state index in [2.05, 4.69) is 43.0 Å². The average molecular weight is 214 g/mol. The van der Waals surface area contributed by atoms with Gasteiger partial charge in [-0.3, -0.25) is 0 Å². The molecule has 0 bridgehead atoms. The highest BCUT2D eigenvalue weighted by Crippen LogP contribution is 2.39. The van der Waals surface area contributed by atoms with Crippen LogP contribution in [0.2, 0.25) is 0 Å². The van der Waals surface area contributed by atoms with Crippen LogP contribution in [-0.2, 0) is 0 Å². The lowest BCUT2D eigenvalue weighted by Gasteiger charge is -2.23. The third kappa shape index (κ3) is 2.75.